The fraction of sp³-hybridized carbons (Fsp3) is 0.943. The number of hydrogen-bond donors (Lipinski definition) is 8. The van der Waals surface area contributed by atoms with E-state index >= 15 is 0 Å². The molecule has 20 fully saturated rings. The minimum absolute atomic E-state index is 0.0474. The van der Waals surface area contributed by atoms with Crippen LogP contribution in [0, 0.1) is 90.7 Å². The highest BCUT2D eigenvalue weighted by atomic mass is 16.6. The summed E-state index contributed by atoms with van der Waals surface area (Å²) in [5.74, 6) is 0.772. The van der Waals surface area contributed by atoms with Crippen LogP contribution in [0.4, 0.5) is 0 Å². The van der Waals surface area contributed by atoms with Gasteiger partial charge in [0.05, 0.1) is 71.9 Å². The number of aliphatic hydroxyl groups is 8. The minimum Gasteiger partial charge on any atom is -0.459 e. The van der Waals surface area contributed by atoms with Crippen molar-refractivity contribution in [3.05, 3.63) is 0 Å². The van der Waals surface area contributed by atoms with Crippen LogP contribution >= 0.6 is 0 Å². The second kappa shape index (κ2) is 25.8. The van der Waals surface area contributed by atoms with E-state index in [-0.39, 0.29) is 94.9 Å². The fourth-order valence-electron chi connectivity index (χ4n) is 26.6. The summed E-state index contributed by atoms with van der Waals surface area (Å²) in [4.78, 5) is 62.9. The van der Waals surface area contributed by atoms with Gasteiger partial charge in [0.2, 0.25) is 0 Å². The summed E-state index contributed by atoms with van der Waals surface area (Å²) in [6, 6.07) is 0. The molecular weight excluding hydrogens is 1330 g/mol. The first-order valence-electron chi connectivity index (χ1n) is 41.6. The Morgan fingerprint density at radius 2 is 0.600 bits per heavy atom. The van der Waals surface area contributed by atoms with Gasteiger partial charge in [-0.3, -0.25) is 24.0 Å². The maximum Gasteiger partial charge on any atom is 0.312 e. The molecule has 8 N–H and O–H groups in total. The molecule has 0 spiro atoms. The second-order valence-corrected chi connectivity index (χ2v) is 44.6. The zero-order valence-corrected chi connectivity index (χ0v) is 69.2. The van der Waals surface area contributed by atoms with Crippen LogP contribution in [-0.4, -0.2) is 144 Å². The monoisotopic (exact) mass is 1480 g/mol. The molecule has 20 rings (SSSR count). The van der Waals surface area contributed by atoms with Gasteiger partial charge in [0.1, 0.15) is 28.0 Å². The molecule has 18 unspecified atom stereocenters. The molecule has 20 saturated carbocycles. The van der Waals surface area contributed by atoms with Gasteiger partial charge in [-0.25, -0.2) is 0 Å². The van der Waals surface area contributed by atoms with Crippen LogP contribution in [0.15, 0.2) is 0 Å². The van der Waals surface area contributed by atoms with Gasteiger partial charge in [-0.15, -0.1) is 0 Å². The predicted octanol–water partition coefficient (Wildman–Crippen LogP) is 14.7. The summed E-state index contributed by atoms with van der Waals surface area (Å²) in [7, 11) is 0. The summed E-state index contributed by atoms with van der Waals surface area (Å²) < 4.78 is 30.2. The van der Waals surface area contributed by atoms with Crippen molar-refractivity contribution in [1.29, 1.82) is 0 Å². The Morgan fingerprint density at radius 1 is 0.286 bits per heavy atom. The van der Waals surface area contributed by atoms with Gasteiger partial charge in [-0.2, -0.15) is 0 Å². The topological polar surface area (TPSA) is 293 Å². The van der Waals surface area contributed by atoms with Crippen LogP contribution in [0.3, 0.4) is 0 Å². The lowest BCUT2D eigenvalue weighted by atomic mass is 9.42. The lowest BCUT2D eigenvalue weighted by Gasteiger charge is -2.68. The molecule has 600 valence electrons. The first kappa shape index (κ1) is 83.0. The van der Waals surface area contributed by atoms with Gasteiger partial charge in [0.15, 0.2) is 0 Å². The third-order valence-corrected chi connectivity index (χ3v) is 32.7. The molecule has 20 bridgehead atoms. The number of carbonyl (C=O) groups excluding carboxylic acids is 5. The van der Waals surface area contributed by atoms with E-state index < -0.39 is 99.9 Å². The SMILES string of the molecule is CCC(C)(C)C(=O)OC12CC3(C)CC(C)(CC(O)(C3)C1)C2.CCC(C)(C)C(=O)OC12CC3(O)CC(O)(CC(O)(C3)C1C)C2.CCC(C)(C)C(=O)OC12CC3CC(C)(CC(O)(C3)C1C)C2.CCC(C)(C)C(=O)OC12CC3CC(CC(O)(C3)C1C)C2.CCC(C)(C)C(=O)OC12CC3CC(O)(CC(O)(C3)C1C)C2. The number of carbonyl (C=O) groups is 5. The van der Waals surface area contributed by atoms with Gasteiger partial charge >= 0.3 is 29.8 Å². The van der Waals surface area contributed by atoms with E-state index in [1.807, 2.05) is 118 Å². The van der Waals surface area contributed by atoms with Crippen molar-refractivity contribution < 1.29 is 88.5 Å². The molecular formula is C87H144O18. The summed E-state index contributed by atoms with van der Waals surface area (Å²) in [5.41, 5.74) is -12.1. The molecule has 0 saturated heterocycles. The van der Waals surface area contributed by atoms with Crippen molar-refractivity contribution >= 4 is 29.8 Å². The van der Waals surface area contributed by atoms with E-state index in [9.17, 15) is 64.8 Å². The van der Waals surface area contributed by atoms with Crippen molar-refractivity contribution in [3.63, 3.8) is 0 Å². The van der Waals surface area contributed by atoms with Crippen LogP contribution < -0.4 is 0 Å². The summed E-state index contributed by atoms with van der Waals surface area (Å²) in [6.07, 6.45) is 23.3. The van der Waals surface area contributed by atoms with E-state index in [1.165, 1.54) is 12.8 Å². The van der Waals surface area contributed by atoms with Crippen LogP contribution in [0.2, 0.25) is 0 Å². The first-order chi connectivity index (χ1) is 47.6. The molecule has 0 aromatic rings. The summed E-state index contributed by atoms with van der Waals surface area (Å²) in [6.45, 7) is 44.0. The Morgan fingerprint density at radius 3 is 1.00 bits per heavy atom. The smallest absolute Gasteiger partial charge is 0.312 e. The largest absolute Gasteiger partial charge is 0.459 e. The third kappa shape index (κ3) is 14.8. The highest BCUT2D eigenvalue weighted by Crippen LogP contribution is 2.71. The average molecular weight is 1480 g/mol. The standard InChI is InChI=1S/2C18H30O3.C17H28O5.C17H28O4.C17H28O3/c1-6-14(2,3)13(19)21-18-10-15(4)7-16(5,11-18)9-17(20,8-15)12-18;1-6-15(3,4)14(19)21-18-9-13-7-16(5,11-18)10-17(20,8-13)12(18)2;1-5-13(3,4)12(18)22-17-9-14(19)6-15(20,10-17)8-16(21,7-14)11(17)2;1-5-14(3,4)13(18)21-17-8-12-6-15(19,10-17)9-16(20,7-12)11(17)2;1-5-15(3,4)14(18)20-17-9-12-6-13(10-17)8-16(19,7-12)11(17)2/h20H,6-12H2,1-5H3;12-13,20H,6-11H2,1-5H3;11,19-21H,5-10H2,1-4H3;11-12,19-20H,5-10H2,1-4H3;11-13,19H,5-10H2,1-4H3. The zero-order chi connectivity index (χ0) is 78.5. The lowest BCUT2D eigenvalue weighted by molar-refractivity contribution is -0.327. The average Bonchev–Trinajstić information content (AvgIpc) is 0.723. The van der Waals surface area contributed by atoms with E-state index in [4.69, 9.17) is 23.7 Å². The third-order valence-electron chi connectivity index (χ3n) is 32.7. The molecule has 20 aliphatic rings. The molecule has 0 heterocycles. The Bertz CT molecular complexity index is 3190. The highest BCUT2D eigenvalue weighted by molar-refractivity contribution is 5.78. The van der Waals surface area contributed by atoms with Crippen molar-refractivity contribution in [2.75, 3.05) is 0 Å². The molecule has 0 radical (unpaired) electrons. The van der Waals surface area contributed by atoms with Crippen molar-refractivity contribution in [1.82, 2.24) is 0 Å². The van der Waals surface area contributed by atoms with E-state index in [2.05, 4.69) is 34.6 Å². The maximum atomic E-state index is 12.6. The van der Waals surface area contributed by atoms with Crippen molar-refractivity contribution in [3.8, 4) is 0 Å². The van der Waals surface area contributed by atoms with Crippen molar-refractivity contribution in [2.45, 2.75) is 424 Å². The molecule has 0 aromatic carbocycles. The quantitative estimate of drug-likeness (QED) is 0.0558. The van der Waals surface area contributed by atoms with Gasteiger partial charge < -0.3 is 64.5 Å². The van der Waals surface area contributed by atoms with Crippen LogP contribution in [-0.2, 0) is 47.7 Å². The first-order valence-corrected chi connectivity index (χ1v) is 41.6. The van der Waals surface area contributed by atoms with Gasteiger partial charge in [0.25, 0.3) is 0 Å². The second-order valence-electron chi connectivity index (χ2n) is 44.6. The summed E-state index contributed by atoms with van der Waals surface area (Å²) >= 11 is 0. The van der Waals surface area contributed by atoms with Crippen LogP contribution in [0.25, 0.3) is 0 Å². The fourth-order valence-corrected chi connectivity index (χ4v) is 26.6. The number of esters is 5. The lowest BCUT2D eigenvalue weighted by Crippen LogP contribution is -2.76. The minimum atomic E-state index is -1.17. The molecule has 105 heavy (non-hydrogen) atoms. The van der Waals surface area contributed by atoms with Gasteiger partial charge in [-0.1, -0.05) is 83.1 Å². The van der Waals surface area contributed by atoms with E-state index in [0.29, 0.717) is 62.7 Å². The van der Waals surface area contributed by atoms with Gasteiger partial charge in [-0.05, 0) is 257 Å². The van der Waals surface area contributed by atoms with Crippen LogP contribution in [0.5, 0.6) is 0 Å². The highest BCUT2D eigenvalue weighted by Gasteiger charge is 2.75. The molecule has 18 nitrogen and oxygen atoms in total. The van der Waals surface area contributed by atoms with Gasteiger partial charge in [0, 0.05) is 75.0 Å². The Hall–Kier alpha value is -2.97. The molecule has 20 aliphatic carbocycles. The number of hydrogen-bond acceptors (Lipinski definition) is 18. The predicted molar refractivity (Wildman–Crippen MR) is 399 cm³/mol. The molecule has 18 heteroatoms. The van der Waals surface area contributed by atoms with Crippen molar-refractivity contribution in [2.24, 2.45) is 90.7 Å². The number of rotatable bonds is 15. The number of ether oxygens (including phenoxy) is 5. The Balaban J connectivity index is 0.000000131. The Labute approximate surface area is 630 Å². The molecule has 0 amide bonds. The Kier molecular flexibility index (Phi) is 20.4. The van der Waals surface area contributed by atoms with E-state index in [0.717, 1.165) is 122 Å². The maximum absolute atomic E-state index is 12.6. The molecule has 0 aliphatic heterocycles. The van der Waals surface area contributed by atoms with Crippen LogP contribution in [0.1, 0.15) is 351 Å². The molecule has 18 atom stereocenters. The van der Waals surface area contributed by atoms with E-state index in [1.54, 1.807) is 0 Å². The zero-order valence-electron chi connectivity index (χ0n) is 69.2. The molecule has 0 aromatic heterocycles. The summed E-state index contributed by atoms with van der Waals surface area (Å²) in [5, 5.41) is 87.2. The normalized spacial score (nSPS) is 48.5.